The molecule has 41 heavy (non-hydrogen) atoms. The van der Waals surface area contributed by atoms with E-state index in [9.17, 15) is 29.4 Å². The van der Waals surface area contributed by atoms with Crippen molar-refractivity contribution in [1.29, 1.82) is 0 Å². The molecule has 6 N–H and O–H groups in total. The molecule has 0 aliphatic carbocycles. The first kappa shape index (κ1) is 29.8. The Kier molecular flexibility index (Phi) is 9.11. The predicted octanol–water partition coefficient (Wildman–Crippen LogP) is 2.40. The smallest absolute Gasteiger partial charge is 0.435 e. The summed E-state index contributed by atoms with van der Waals surface area (Å²) in [5, 5.41) is 23.1. The van der Waals surface area contributed by atoms with Crippen LogP contribution in [0.5, 0.6) is 0 Å². The number of amides is 4. The number of nitrogens with two attached hydrogens (primary N) is 2. The third-order valence-electron chi connectivity index (χ3n) is 7.96. The number of carbonyl (C=O) groups is 4. The van der Waals surface area contributed by atoms with Crippen LogP contribution in [0.15, 0.2) is 66.7 Å². The van der Waals surface area contributed by atoms with Crippen LogP contribution >= 0.6 is 0 Å². The molecule has 3 aromatic rings. The Labute approximate surface area is 238 Å². The lowest BCUT2D eigenvalue weighted by molar-refractivity contribution is -0.904. The van der Waals surface area contributed by atoms with Crippen molar-refractivity contribution in [2.24, 2.45) is 11.5 Å². The quantitative estimate of drug-likeness (QED) is 0.272. The molecular formula is C30H36N5O6+. The second kappa shape index (κ2) is 12.5. The van der Waals surface area contributed by atoms with E-state index < -0.39 is 59.1 Å². The fraction of sp³-hybridized carbons (Fsp3) is 0.367. The van der Waals surface area contributed by atoms with Gasteiger partial charge in [0.15, 0.2) is 0 Å². The molecule has 11 heteroatoms. The number of quaternary nitrogens is 1. The van der Waals surface area contributed by atoms with Crippen molar-refractivity contribution < 1.29 is 33.9 Å². The number of rotatable bonds is 10. The van der Waals surface area contributed by atoms with E-state index >= 15 is 0 Å². The molecule has 1 saturated heterocycles. The van der Waals surface area contributed by atoms with Gasteiger partial charge >= 0.3 is 6.09 Å². The zero-order valence-corrected chi connectivity index (χ0v) is 22.9. The van der Waals surface area contributed by atoms with Crippen molar-refractivity contribution in [2.75, 3.05) is 6.54 Å². The van der Waals surface area contributed by atoms with E-state index in [1.54, 1.807) is 25.1 Å². The second-order valence-electron chi connectivity index (χ2n) is 10.6. The molecule has 1 aliphatic heterocycles. The number of aryl methyl sites for hydroxylation is 1. The van der Waals surface area contributed by atoms with Crippen LogP contribution in [0, 0.1) is 0 Å². The number of imide groups is 1. The molecule has 3 unspecified atom stereocenters. The minimum atomic E-state index is -1.54. The highest BCUT2D eigenvalue weighted by molar-refractivity contribution is 6.07. The Balaban J connectivity index is 1.85. The molecular weight excluding hydrogens is 526 g/mol. The van der Waals surface area contributed by atoms with E-state index in [1.807, 2.05) is 42.5 Å². The number of carbonyl (C=O) groups excluding carboxylic acids is 3. The van der Waals surface area contributed by atoms with Crippen LogP contribution in [-0.4, -0.2) is 79.3 Å². The molecule has 0 saturated carbocycles. The molecule has 0 bridgehead atoms. The SMILES string of the molecule is CC1CCC[N+]1(C(=O)O)C([C@H](O)CCc1ccccc1)N(C(=O)c1ccc2ccccc2n1)C(=O)[C@@H](N)CC(N)=O. The first-order valence-electron chi connectivity index (χ1n) is 13.7. The van der Waals surface area contributed by atoms with Crippen LogP contribution in [0.3, 0.4) is 0 Å². The van der Waals surface area contributed by atoms with Gasteiger partial charge in [0.05, 0.1) is 30.6 Å². The van der Waals surface area contributed by atoms with Gasteiger partial charge in [-0.1, -0.05) is 54.6 Å². The molecule has 1 aliphatic rings. The number of aliphatic hydroxyl groups excluding tert-OH is 1. The van der Waals surface area contributed by atoms with Gasteiger partial charge in [-0.05, 0) is 37.5 Å². The molecule has 1 fully saturated rings. The lowest BCUT2D eigenvalue weighted by Crippen LogP contribution is -2.73. The molecule has 11 nitrogen and oxygen atoms in total. The first-order chi connectivity index (χ1) is 19.6. The van der Waals surface area contributed by atoms with Crippen molar-refractivity contribution >= 4 is 34.7 Å². The summed E-state index contributed by atoms with van der Waals surface area (Å²) >= 11 is 0. The van der Waals surface area contributed by atoms with Gasteiger partial charge in [0, 0.05) is 18.2 Å². The Morgan fingerprint density at radius 2 is 1.73 bits per heavy atom. The third kappa shape index (κ3) is 6.12. The average Bonchev–Trinajstić information content (AvgIpc) is 3.35. The zero-order chi connectivity index (χ0) is 29.7. The summed E-state index contributed by atoms with van der Waals surface area (Å²) in [7, 11) is 0. The maximum atomic E-state index is 14.2. The number of para-hydroxylation sites is 1. The lowest BCUT2D eigenvalue weighted by Gasteiger charge is -2.46. The maximum absolute atomic E-state index is 14.2. The molecule has 2 aromatic carbocycles. The minimum Gasteiger partial charge on any atom is -0.435 e. The molecule has 0 spiro atoms. The van der Waals surface area contributed by atoms with Gasteiger partial charge in [0.25, 0.3) is 11.8 Å². The van der Waals surface area contributed by atoms with Crippen molar-refractivity contribution in [3.05, 3.63) is 78.0 Å². The molecule has 0 radical (unpaired) electrons. The van der Waals surface area contributed by atoms with Crippen molar-refractivity contribution in [3.63, 3.8) is 0 Å². The number of nitrogens with zero attached hydrogens (tertiary/aromatic N) is 3. The molecule has 1 aromatic heterocycles. The highest BCUT2D eigenvalue weighted by Gasteiger charge is 2.59. The summed E-state index contributed by atoms with van der Waals surface area (Å²) < 4.78 is -0.746. The summed E-state index contributed by atoms with van der Waals surface area (Å²) in [6, 6.07) is 17.4. The number of primary amides is 1. The van der Waals surface area contributed by atoms with Crippen molar-refractivity contribution in [1.82, 2.24) is 9.88 Å². The van der Waals surface area contributed by atoms with E-state index in [-0.39, 0.29) is 18.7 Å². The summed E-state index contributed by atoms with van der Waals surface area (Å²) in [5.41, 5.74) is 12.7. The molecule has 4 amide bonds. The monoisotopic (exact) mass is 562 g/mol. The predicted molar refractivity (Wildman–Crippen MR) is 151 cm³/mol. The molecule has 216 valence electrons. The highest BCUT2D eigenvalue weighted by Crippen LogP contribution is 2.36. The highest BCUT2D eigenvalue weighted by atomic mass is 16.4. The van der Waals surface area contributed by atoms with E-state index in [4.69, 9.17) is 11.5 Å². The topological polar surface area (TPSA) is 177 Å². The molecule has 5 atom stereocenters. The number of aliphatic hydroxyl groups is 1. The van der Waals surface area contributed by atoms with Crippen LogP contribution in [0.4, 0.5) is 4.79 Å². The van der Waals surface area contributed by atoms with Gasteiger partial charge in [-0.15, -0.1) is 0 Å². The van der Waals surface area contributed by atoms with Crippen LogP contribution in [0.2, 0.25) is 0 Å². The molecule has 4 rings (SSSR count). The van der Waals surface area contributed by atoms with Crippen LogP contribution in [0.1, 0.15) is 48.7 Å². The fourth-order valence-corrected chi connectivity index (χ4v) is 5.82. The number of benzene rings is 2. The van der Waals surface area contributed by atoms with Gasteiger partial charge in [-0.25, -0.2) is 9.88 Å². The number of fused-ring (bicyclic) bond motifs is 1. The maximum Gasteiger partial charge on any atom is 0.515 e. The summed E-state index contributed by atoms with van der Waals surface area (Å²) in [4.78, 5) is 58.1. The van der Waals surface area contributed by atoms with Gasteiger partial charge in [-0.2, -0.15) is 9.28 Å². The Morgan fingerprint density at radius 1 is 1.05 bits per heavy atom. The summed E-state index contributed by atoms with van der Waals surface area (Å²) in [6.07, 6.45) is -3.39. The number of carboxylic acid groups (broad SMARTS) is 1. The standard InChI is InChI=1S/C30H35N5O6/c1-19-8-7-17-35(19,30(40)41)27(25(36)16-13-20-9-3-2-4-10-20)34(28(38)22(31)18-26(32)37)29(39)24-15-14-21-11-5-6-12-23(21)33-24/h2-6,9-12,14-15,19,22,25,27,36H,7-8,13,16-18,31H2,1H3,(H2-,32,37,40,41)/p+1/t19?,22-,25+,27?,35?/m0/s1. The van der Waals surface area contributed by atoms with Crippen LogP contribution < -0.4 is 11.5 Å². The van der Waals surface area contributed by atoms with E-state index in [0.29, 0.717) is 24.8 Å². The number of hydrogen-bond acceptors (Lipinski definition) is 7. The van der Waals surface area contributed by atoms with E-state index in [0.717, 1.165) is 15.8 Å². The Morgan fingerprint density at radius 3 is 2.37 bits per heavy atom. The number of aromatic nitrogens is 1. The van der Waals surface area contributed by atoms with Gasteiger partial charge < -0.3 is 21.7 Å². The van der Waals surface area contributed by atoms with Crippen molar-refractivity contribution in [3.8, 4) is 0 Å². The second-order valence-corrected chi connectivity index (χ2v) is 10.6. The molecule has 2 heterocycles. The Bertz CT molecular complexity index is 1430. The van der Waals surface area contributed by atoms with E-state index in [2.05, 4.69) is 4.98 Å². The lowest BCUT2D eigenvalue weighted by atomic mass is 10.00. The minimum absolute atomic E-state index is 0.0575. The van der Waals surface area contributed by atoms with Gasteiger partial charge in [0.1, 0.15) is 11.8 Å². The van der Waals surface area contributed by atoms with Crippen LogP contribution in [-0.2, 0) is 16.0 Å². The summed E-state index contributed by atoms with van der Waals surface area (Å²) in [5.74, 6) is -2.78. The third-order valence-corrected chi connectivity index (χ3v) is 7.96. The van der Waals surface area contributed by atoms with Gasteiger partial charge in [0.2, 0.25) is 12.1 Å². The van der Waals surface area contributed by atoms with Crippen LogP contribution in [0.25, 0.3) is 10.9 Å². The zero-order valence-electron chi connectivity index (χ0n) is 22.9. The fourth-order valence-electron chi connectivity index (χ4n) is 5.82. The van der Waals surface area contributed by atoms with E-state index in [1.165, 1.54) is 6.07 Å². The van der Waals surface area contributed by atoms with Gasteiger partial charge in [-0.3, -0.25) is 14.4 Å². The average molecular weight is 563 g/mol. The summed E-state index contributed by atoms with van der Waals surface area (Å²) in [6.45, 7) is 1.81. The normalized spacial score (nSPS) is 20.7. The number of hydrogen-bond donors (Lipinski definition) is 4. The van der Waals surface area contributed by atoms with Crippen molar-refractivity contribution in [2.45, 2.75) is 63.4 Å². The largest absolute Gasteiger partial charge is 0.515 e. The number of pyridine rings is 1. The number of likely N-dealkylation sites (tertiary alicyclic amines) is 1. The Hall–Kier alpha value is -4.19. The first-order valence-corrected chi connectivity index (χ1v) is 13.7.